The Balaban J connectivity index is 1.05. The number of thiophene rings is 1. The third-order valence-electron chi connectivity index (χ3n) is 10.2. The van der Waals surface area contributed by atoms with Gasteiger partial charge in [0.15, 0.2) is 0 Å². The molecule has 0 radical (unpaired) electrons. The standard InChI is InChI=1S/C49H33NOS/c1-32-16-18-33(19-17-32)34-20-26-37(27-21-34)50(38-28-22-35(23-29-38)40-10-6-12-44-42-8-2-4-14-46(42)51-48(40)44)39-30-24-36(25-31-39)41-11-7-13-45-43-9-3-5-15-47(43)52-49(41)45/h2-31H,1H3. The summed E-state index contributed by atoms with van der Waals surface area (Å²) in [7, 11) is 0. The van der Waals surface area contributed by atoms with Crippen molar-refractivity contribution in [3.63, 3.8) is 0 Å². The fraction of sp³-hybridized carbons (Fsp3) is 0.0204. The van der Waals surface area contributed by atoms with Gasteiger partial charge in [-0.05, 0) is 83.3 Å². The van der Waals surface area contributed by atoms with Crippen molar-refractivity contribution < 1.29 is 4.42 Å². The topological polar surface area (TPSA) is 16.4 Å². The number of rotatable bonds is 6. The van der Waals surface area contributed by atoms with Crippen LogP contribution in [0.15, 0.2) is 186 Å². The lowest BCUT2D eigenvalue weighted by molar-refractivity contribution is 0.670. The smallest absolute Gasteiger partial charge is 0.143 e. The maximum atomic E-state index is 6.39. The number of benzene rings is 8. The largest absolute Gasteiger partial charge is 0.455 e. The highest BCUT2D eigenvalue weighted by atomic mass is 32.1. The number of para-hydroxylation sites is 2. The zero-order valence-corrected chi connectivity index (χ0v) is 29.4. The molecule has 0 unspecified atom stereocenters. The van der Waals surface area contributed by atoms with Gasteiger partial charge < -0.3 is 9.32 Å². The fourth-order valence-electron chi connectivity index (χ4n) is 7.53. The number of aryl methyl sites for hydroxylation is 1. The molecule has 246 valence electrons. The molecule has 52 heavy (non-hydrogen) atoms. The summed E-state index contributed by atoms with van der Waals surface area (Å²) in [6, 6.07) is 65.6. The normalized spacial score (nSPS) is 11.6. The van der Waals surface area contributed by atoms with E-state index in [9.17, 15) is 0 Å². The van der Waals surface area contributed by atoms with E-state index in [4.69, 9.17) is 4.42 Å². The number of hydrogen-bond donors (Lipinski definition) is 0. The number of hydrogen-bond acceptors (Lipinski definition) is 3. The molecule has 8 aromatic carbocycles. The van der Waals surface area contributed by atoms with E-state index in [-0.39, 0.29) is 0 Å². The van der Waals surface area contributed by atoms with Crippen molar-refractivity contribution in [3.8, 4) is 33.4 Å². The molecule has 10 rings (SSSR count). The van der Waals surface area contributed by atoms with Crippen molar-refractivity contribution in [1.82, 2.24) is 0 Å². The van der Waals surface area contributed by atoms with E-state index in [0.717, 1.165) is 50.1 Å². The van der Waals surface area contributed by atoms with E-state index in [0.29, 0.717) is 0 Å². The molecule has 0 spiro atoms. The van der Waals surface area contributed by atoms with Gasteiger partial charge in [0.05, 0.1) is 0 Å². The van der Waals surface area contributed by atoms with Crippen LogP contribution in [0, 0.1) is 6.92 Å². The maximum Gasteiger partial charge on any atom is 0.143 e. The van der Waals surface area contributed by atoms with Gasteiger partial charge in [-0.15, -0.1) is 11.3 Å². The monoisotopic (exact) mass is 683 g/mol. The van der Waals surface area contributed by atoms with Gasteiger partial charge >= 0.3 is 0 Å². The van der Waals surface area contributed by atoms with Gasteiger partial charge in [-0.25, -0.2) is 0 Å². The molecule has 0 fully saturated rings. The van der Waals surface area contributed by atoms with Crippen LogP contribution in [0.5, 0.6) is 0 Å². The Morgan fingerprint density at radius 2 is 0.904 bits per heavy atom. The minimum absolute atomic E-state index is 0.911. The van der Waals surface area contributed by atoms with Gasteiger partial charge in [-0.3, -0.25) is 0 Å². The summed E-state index contributed by atoms with van der Waals surface area (Å²) >= 11 is 1.87. The van der Waals surface area contributed by atoms with E-state index >= 15 is 0 Å². The van der Waals surface area contributed by atoms with E-state index in [2.05, 4.69) is 182 Å². The molecule has 2 aromatic heterocycles. The Morgan fingerprint density at radius 1 is 0.404 bits per heavy atom. The second-order valence-electron chi connectivity index (χ2n) is 13.4. The molecule has 2 nitrogen and oxygen atoms in total. The van der Waals surface area contributed by atoms with Crippen molar-refractivity contribution in [1.29, 1.82) is 0 Å². The summed E-state index contributed by atoms with van der Waals surface area (Å²) in [5.74, 6) is 0. The zero-order chi connectivity index (χ0) is 34.6. The summed E-state index contributed by atoms with van der Waals surface area (Å²) < 4.78 is 9.04. The van der Waals surface area contributed by atoms with Crippen molar-refractivity contribution in [2.75, 3.05) is 4.90 Å². The summed E-state index contributed by atoms with van der Waals surface area (Å²) in [6.45, 7) is 2.13. The Kier molecular flexibility index (Phi) is 7.26. The van der Waals surface area contributed by atoms with Crippen LogP contribution in [0.2, 0.25) is 0 Å². The van der Waals surface area contributed by atoms with Crippen molar-refractivity contribution in [2.45, 2.75) is 6.92 Å². The minimum Gasteiger partial charge on any atom is -0.455 e. The Hall–Kier alpha value is -6.42. The van der Waals surface area contributed by atoms with Crippen LogP contribution in [0.3, 0.4) is 0 Å². The summed E-state index contributed by atoms with van der Waals surface area (Å²) in [6.07, 6.45) is 0. The highest BCUT2D eigenvalue weighted by molar-refractivity contribution is 7.26. The Bertz CT molecular complexity index is 2720. The molecule has 0 saturated heterocycles. The lowest BCUT2D eigenvalue weighted by Gasteiger charge is -2.26. The van der Waals surface area contributed by atoms with Crippen molar-refractivity contribution in [3.05, 3.63) is 188 Å². The van der Waals surface area contributed by atoms with E-state index < -0.39 is 0 Å². The first kappa shape index (κ1) is 30.4. The van der Waals surface area contributed by atoms with Crippen LogP contribution < -0.4 is 4.90 Å². The van der Waals surface area contributed by atoms with Gasteiger partial charge in [0.1, 0.15) is 11.2 Å². The lowest BCUT2D eigenvalue weighted by Crippen LogP contribution is -2.09. The van der Waals surface area contributed by atoms with Gasteiger partial charge in [0.25, 0.3) is 0 Å². The average molecular weight is 684 g/mol. The van der Waals surface area contributed by atoms with Crippen LogP contribution in [-0.4, -0.2) is 0 Å². The predicted molar refractivity (Wildman–Crippen MR) is 222 cm³/mol. The highest BCUT2D eigenvalue weighted by Crippen LogP contribution is 2.42. The number of furan rings is 1. The molecule has 0 aliphatic heterocycles. The molecule has 0 amide bonds. The van der Waals surface area contributed by atoms with Crippen molar-refractivity contribution >= 4 is 70.5 Å². The SMILES string of the molecule is Cc1ccc(-c2ccc(N(c3ccc(-c4cccc5c4oc4ccccc45)cc3)c3ccc(-c4cccc5c4sc4ccccc45)cc3)cc2)cc1. The quantitative estimate of drug-likeness (QED) is 0.173. The van der Waals surface area contributed by atoms with Crippen LogP contribution in [0.25, 0.3) is 75.5 Å². The molecule has 10 aromatic rings. The maximum absolute atomic E-state index is 6.39. The first-order valence-corrected chi connectivity index (χ1v) is 18.5. The Labute approximate surface area is 306 Å². The van der Waals surface area contributed by atoms with Crippen LogP contribution in [0.1, 0.15) is 5.56 Å². The highest BCUT2D eigenvalue weighted by Gasteiger charge is 2.17. The van der Waals surface area contributed by atoms with Crippen LogP contribution in [0.4, 0.5) is 17.1 Å². The van der Waals surface area contributed by atoms with Gasteiger partial charge in [0, 0.05) is 53.6 Å². The second kappa shape index (κ2) is 12.4. The van der Waals surface area contributed by atoms with E-state index in [1.807, 2.05) is 23.5 Å². The van der Waals surface area contributed by atoms with Gasteiger partial charge in [-0.1, -0.05) is 139 Å². The number of fused-ring (bicyclic) bond motifs is 6. The Morgan fingerprint density at radius 3 is 1.58 bits per heavy atom. The minimum atomic E-state index is 0.911. The molecular weight excluding hydrogens is 651 g/mol. The molecule has 2 heterocycles. The second-order valence-corrected chi connectivity index (χ2v) is 14.5. The molecule has 0 aliphatic carbocycles. The van der Waals surface area contributed by atoms with Gasteiger partial charge in [-0.2, -0.15) is 0 Å². The number of anilines is 3. The summed E-state index contributed by atoms with van der Waals surface area (Å²) in [4.78, 5) is 2.34. The fourth-order valence-corrected chi connectivity index (χ4v) is 8.76. The summed E-state index contributed by atoms with van der Waals surface area (Å²) in [5.41, 5.74) is 13.5. The summed E-state index contributed by atoms with van der Waals surface area (Å²) in [5, 5.41) is 4.92. The van der Waals surface area contributed by atoms with E-state index in [1.165, 1.54) is 48.0 Å². The van der Waals surface area contributed by atoms with Crippen molar-refractivity contribution in [2.24, 2.45) is 0 Å². The third-order valence-corrected chi connectivity index (χ3v) is 11.4. The first-order valence-electron chi connectivity index (χ1n) is 17.7. The third kappa shape index (κ3) is 5.17. The molecule has 3 heteroatoms. The lowest BCUT2D eigenvalue weighted by atomic mass is 10.0. The predicted octanol–water partition coefficient (Wildman–Crippen LogP) is 14.7. The average Bonchev–Trinajstić information content (AvgIpc) is 3.78. The van der Waals surface area contributed by atoms with Gasteiger partial charge in [0.2, 0.25) is 0 Å². The van der Waals surface area contributed by atoms with E-state index in [1.54, 1.807) is 0 Å². The molecule has 0 aliphatic rings. The zero-order valence-electron chi connectivity index (χ0n) is 28.6. The van der Waals surface area contributed by atoms with Crippen LogP contribution >= 0.6 is 11.3 Å². The molecule has 0 N–H and O–H groups in total. The first-order chi connectivity index (χ1) is 25.7. The molecular formula is C49H33NOS. The molecule has 0 saturated carbocycles. The molecule has 0 bridgehead atoms. The molecule has 0 atom stereocenters. The van der Waals surface area contributed by atoms with Crippen LogP contribution in [-0.2, 0) is 0 Å². The number of nitrogens with zero attached hydrogens (tertiary/aromatic N) is 1.